The fraction of sp³-hybridized carbons (Fsp3) is 0.438. The average molecular weight is 272 g/mol. The molecule has 4 nitrogen and oxygen atoms in total. The number of carbonyl (C=O) groups excluding carboxylic acids is 1. The second-order valence-corrected chi connectivity index (χ2v) is 5.60. The Morgan fingerprint density at radius 2 is 2.30 bits per heavy atom. The van der Waals surface area contributed by atoms with Crippen LogP contribution in [0.5, 0.6) is 5.75 Å². The van der Waals surface area contributed by atoms with Crippen molar-refractivity contribution in [2.24, 2.45) is 5.92 Å². The first-order valence-corrected chi connectivity index (χ1v) is 7.14. The highest BCUT2D eigenvalue weighted by Crippen LogP contribution is 2.27. The monoisotopic (exact) mass is 272 g/mol. The average Bonchev–Trinajstić information content (AvgIpc) is 2.90. The fourth-order valence-electron chi connectivity index (χ4n) is 2.96. The summed E-state index contributed by atoms with van der Waals surface area (Å²) < 4.78 is 5.34. The third kappa shape index (κ3) is 2.26. The van der Waals surface area contributed by atoms with Crippen LogP contribution in [-0.4, -0.2) is 36.0 Å². The summed E-state index contributed by atoms with van der Waals surface area (Å²) in [6.07, 6.45) is 2.31. The van der Waals surface area contributed by atoms with Crippen LogP contribution < -0.4 is 4.74 Å². The highest BCUT2D eigenvalue weighted by Gasteiger charge is 2.23. The van der Waals surface area contributed by atoms with Crippen molar-refractivity contribution in [2.45, 2.75) is 19.8 Å². The second-order valence-electron chi connectivity index (χ2n) is 5.60. The van der Waals surface area contributed by atoms with Crippen molar-refractivity contribution >= 4 is 16.8 Å². The quantitative estimate of drug-likeness (QED) is 0.913. The predicted octanol–water partition coefficient (Wildman–Crippen LogP) is 3.05. The number of nitrogens with one attached hydrogen (secondary N) is 1. The Bertz CT molecular complexity index is 632. The lowest BCUT2D eigenvalue weighted by atomic mass is 10.00. The highest BCUT2D eigenvalue weighted by atomic mass is 16.5. The Morgan fingerprint density at radius 3 is 3.05 bits per heavy atom. The number of hydrogen-bond acceptors (Lipinski definition) is 2. The second kappa shape index (κ2) is 5.19. The molecule has 1 amide bonds. The largest absolute Gasteiger partial charge is 0.496 e. The zero-order valence-electron chi connectivity index (χ0n) is 12.0. The fourth-order valence-corrected chi connectivity index (χ4v) is 2.96. The van der Waals surface area contributed by atoms with E-state index in [4.69, 9.17) is 4.74 Å². The molecule has 1 fully saturated rings. The number of ether oxygens (including phenoxy) is 1. The number of aromatic amines is 1. The van der Waals surface area contributed by atoms with Crippen molar-refractivity contribution in [1.29, 1.82) is 0 Å². The first-order valence-electron chi connectivity index (χ1n) is 7.14. The molecule has 106 valence electrons. The number of piperidine rings is 1. The van der Waals surface area contributed by atoms with Gasteiger partial charge < -0.3 is 14.6 Å². The molecule has 0 bridgehead atoms. The summed E-state index contributed by atoms with van der Waals surface area (Å²) in [5.41, 5.74) is 1.59. The summed E-state index contributed by atoms with van der Waals surface area (Å²) in [6.45, 7) is 3.91. The summed E-state index contributed by atoms with van der Waals surface area (Å²) in [6, 6.07) is 7.70. The smallest absolute Gasteiger partial charge is 0.270 e. The number of H-pyrrole nitrogens is 1. The molecule has 1 unspecified atom stereocenters. The SMILES string of the molecule is COc1cccc2[nH]c(C(=O)N3CCCC(C)C3)cc12. The van der Waals surface area contributed by atoms with E-state index < -0.39 is 0 Å². The molecule has 1 aromatic carbocycles. The zero-order chi connectivity index (χ0) is 14.1. The van der Waals surface area contributed by atoms with Crippen molar-refractivity contribution in [3.63, 3.8) is 0 Å². The standard InChI is InChI=1S/C16H20N2O2/c1-11-5-4-8-18(10-11)16(19)14-9-12-13(17-14)6-3-7-15(12)20-2/h3,6-7,9,11,17H,4-5,8,10H2,1-2H3. The zero-order valence-corrected chi connectivity index (χ0v) is 12.0. The van der Waals surface area contributed by atoms with Gasteiger partial charge in [-0.3, -0.25) is 4.79 Å². The molecule has 4 heteroatoms. The molecule has 2 aromatic rings. The molecule has 0 spiro atoms. The van der Waals surface area contributed by atoms with Gasteiger partial charge in [-0.25, -0.2) is 0 Å². The van der Waals surface area contributed by atoms with E-state index in [2.05, 4.69) is 11.9 Å². The molecule has 1 aromatic heterocycles. The first kappa shape index (κ1) is 13.0. The van der Waals surface area contributed by atoms with Crippen molar-refractivity contribution in [2.75, 3.05) is 20.2 Å². The summed E-state index contributed by atoms with van der Waals surface area (Å²) in [5, 5.41) is 0.961. The minimum absolute atomic E-state index is 0.0924. The lowest BCUT2D eigenvalue weighted by Gasteiger charge is -2.30. The number of nitrogens with zero attached hydrogens (tertiary/aromatic N) is 1. The van der Waals surface area contributed by atoms with Crippen LogP contribution in [0.15, 0.2) is 24.3 Å². The van der Waals surface area contributed by atoms with Gasteiger partial charge in [0.15, 0.2) is 0 Å². The maximum atomic E-state index is 12.6. The van der Waals surface area contributed by atoms with E-state index in [1.807, 2.05) is 29.2 Å². The molecular formula is C16H20N2O2. The molecule has 0 saturated carbocycles. The maximum Gasteiger partial charge on any atom is 0.270 e. The maximum absolute atomic E-state index is 12.6. The van der Waals surface area contributed by atoms with E-state index in [0.717, 1.165) is 36.2 Å². The molecule has 3 rings (SSSR count). The van der Waals surface area contributed by atoms with Crippen LogP contribution in [-0.2, 0) is 0 Å². The van der Waals surface area contributed by atoms with Gasteiger partial charge in [-0.05, 0) is 37.0 Å². The minimum Gasteiger partial charge on any atom is -0.496 e. The number of methoxy groups -OCH3 is 1. The lowest BCUT2D eigenvalue weighted by molar-refractivity contribution is 0.0678. The van der Waals surface area contributed by atoms with Crippen LogP contribution in [0.4, 0.5) is 0 Å². The number of likely N-dealkylation sites (tertiary alicyclic amines) is 1. The van der Waals surface area contributed by atoms with Gasteiger partial charge >= 0.3 is 0 Å². The van der Waals surface area contributed by atoms with Crippen LogP contribution in [0.2, 0.25) is 0 Å². The van der Waals surface area contributed by atoms with Gasteiger partial charge in [-0.1, -0.05) is 13.0 Å². The van der Waals surface area contributed by atoms with Crippen molar-refractivity contribution in [3.8, 4) is 5.75 Å². The molecule has 1 saturated heterocycles. The molecule has 1 N–H and O–H groups in total. The predicted molar refractivity (Wildman–Crippen MR) is 79.2 cm³/mol. The highest BCUT2D eigenvalue weighted by molar-refractivity contribution is 5.99. The third-order valence-corrected chi connectivity index (χ3v) is 4.02. The Kier molecular flexibility index (Phi) is 3.38. The Balaban J connectivity index is 1.92. The van der Waals surface area contributed by atoms with Crippen LogP contribution in [0, 0.1) is 5.92 Å². The van der Waals surface area contributed by atoms with Gasteiger partial charge in [0.1, 0.15) is 11.4 Å². The Hall–Kier alpha value is -1.97. The van der Waals surface area contributed by atoms with E-state index in [0.29, 0.717) is 11.6 Å². The summed E-state index contributed by atoms with van der Waals surface area (Å²) >= 11 is 0. The molecule has 1 aliphatic rings. The lowest BCUT2D eigenvalue weighted by Crippen LogP contribution is -2.39. The van der Waals surface area contributed by atoms with Crippen LogP contribution in [0.25, 0.3) is 10.9 Å². The Morgan fingerprint density at radius 1 is 1.45 bits per heavy atom. The number of rotatable bonds is 2. The van der Waals surface area contributed by atoms with Crippen LogP contribution >= 0.6 is 0 Å². The molecule has 1 atom stereocenters. The summed E-state index contributed by atoms with van der Waals surface area (Å²) in [5.74, 6) is 1.48. The van der Waals surface area contributed by atoms with E-state index >= 15 is 0 Å². The molecule has 2 heterocycles. The third-order valence-electron chi connectivity index (χ3n) is 4.02. The van der Waals surface area contributed by atoms with Gasteiger partial charge in [-0.2, -0.15) is 0 Å². The first-order chi connectivity index (χ1) is 9.69. The van der Waals surface area contributed by atoms with Crippen LogP contribution in [0.3, 0.4) is 0 Å². The molecule has 20 heavy (non-hydrogen) atoms. The number of carbonyl (C=O) groups is 1. The van der Waals surface area contributed by atoms with Crippen molar-refractivity contribution in [1.82, 2.24) is 9.88 Å². The van der Waals surface area contributed by atoms with Gasteiger partial charge in [0.25, 0.3) is 5.91 Å². The van der Waals surface area contributed by atoms with E-state index in [1.165, 1.54) is 6.42 Å². The van der Waals surface area contributed by atoms with E-state index in [-0.39, 0.29) is 5.91 Å². The number of benzene rings is 1. The van der Waals surface area contributed by atoms with E-state index in [9.17, 15) is 4.79 Å². The van der Waals surface area contributed by atoms with Gasteiger partial charge in [0, 0.05) is 24.0 Å². The normalized spacial score (nSPS) is 19.3. The molecule has 0 radical (unpaired) electrons. The summed E-state index contributed by atoms with van der Waals surface area (Å²) in [4.78, 5) is 17.7. The molecule has 1 aliphatic heterocycles. The van der Waals surface area contributed by atoms with Gasteiger partial charge in [-0.15, -0.1) is 0 Å². The van der Waals surface area contributed by atoms with Crippen LogP contribution in [0.1, 0.15) is 30.3 Å². The summed E-state index contributed by atoms with van der Waals surface area (Å²) in [7, 11) is 1.65. The van der Waals surface area contributed by atoms with E-state index in [1.54, 1.807) is 7.11 Å². The molecule has 0 aliphatic carbocycles. The number of amides is 1. The Labute approximate surface area is 118 Å². The number of aromatic nitrogens is 1. The van der Waals surface area contributed by atoms with Crippen molar-refractivity contribution in [3.05, 3.63) is 30.0 Å². The topological polar surface area (TPSA) is 45.3 Å². The van der Waals surface area contributed by atoms with Gasteiger partial charge in [0.2, 0.25) is 0 Å². The van der Waals surface area contributed by atoms with Gasteiger partial charge in [0.05, 0.1) is 7.11 Å². The van der Waals surface area contributed by atoms with Crippen molar-refractivity contribution < 1.29 is 9.53 Å². The molecular weight excluding hydrogens is 252 g/mol. The number of fused-ring (bicyclic) bond motifs is 1. The minimum atomic E-state index is 0.0924. The number of hydrogen-bond donors (Lipinski definition) is 1.